The van der Waals surface area contributed by atoms with Gasteiger partial charge in [0.05, 0.1) is 24.1 Å². The third-order valence-electron chi connectivity index (χ3n) is 4.42. The Bertz CT molecular complexity index is 807. The lowest BCUT2D eigenvalue weighted by molar-refractivity contribution is -0.151. The molecule has 132 valence electrons. The molecule has 1 fully saturated rings. The Kier molecular flexibility index (Phi) is 4.78. The Morgan fingerprint density at radius 2 is 2.24 bits per heavy atom. The van der Waals surface area contributed by atoms with Gasteiger partial charge in [0.25, 0.3) is 5.91 Å². The monoisotopic (exact) mass is 363 g/mol. The number of rotatable bonds is 5. The average molecular weight is 364 g/mol. The molecule has 3 rings (SSSR count). The Labute approximate surface area is 149 Å². The van der Waals surface area contributed by atoms with E-state index in [-0.39, 0.29) is 19.1 Å². The van der Waals surface area contributed by atoms with E-state index in [2.05, 4.69) is 5.10 Å². The van der Waals surface area contributed by atoms with Crippen molar-refractivity contribution in [2.45, 2.75) is 6.42 Å². The number of carboxylic acids is 1. The number of carbonyl (C=O) groups is 2. The van der Waals surface area contributed by atoms with Crippen LogP contribution >= 0.6 is 11.6 Å². The smallest absolute Gasteiger partial charge is 0.313 e. The molecule has 8 heteroatoms. The summed E-state index contributed by atoms with van der Waals surface area (Å²) in [6.45, 7) is 0.572. The first-order valence-corrected chi connectivity index (χ1v) is 8.15. The number of halogens is 1. The van der Waals surface area contributed by atoms with Gasteiger partial charge in [0.2, 0.25) is 0 Å². The van der Waals surface area contributed by atoms with Crippen LogP contribution in [0.4, 0.5) is 0 Å². The van der Waals surface area contributed by atoms with Crippen molar-refractivity contribution in [2.24, 2.45) is 5.41 Å². The lowest BCUT2D eigenvalue weighted by Gasteiger charge is -2.23. The molecule has 1 atom stereocenters. The van der Waals surface area contributed by atoms with Gasteiger partial charge in [-0.2, -0.15) is 5.10 Å². The summed E-state index contributed by atoms with van der Waals surface area (Å²) in [5.74, 6) is -1.19. The minimum atomic E-state index is -1.05. The normalized spacial score (nSPS) is 20.0. The molecular weight excluding hydrogens is 346 g/mol. The Hall–Kier alpha value is -2.38. The first-order chi connectivity index (χ1) is 11.9. The molecule has 0 spiro atoms. The average Bonchev–Trinajstić information content (AvgIpc) is 3.23. The summed E-state index contributed by atoms with van der Waals surface area (Å²) < 4.78 is 6.61. The molecule has 0 aliphatic carbocycles. The SMILES string of the molecule is COCC1(C(=O)O)CCN(C(=O)c2cnn(-c3cccc(Cl)c3)c2)C1. The van der Waals surface area contributed by atoms with E-state index in [0.29, 0.717) is 23.6 Å². The minimum Gasteiger partial charge on any atom is -0.481 e. The molecule has 0 bridgehead atoms. The molecule has 7 nitrogen and oxygen atoms in total. The summed E-state index contributed by atoms with van der Waals surface area (Å²) in [5, 5.41) is 14.3. The fourth-order valence-electron chi connectivity index (χ4n) is 3.05. The van der Waals surface area contributed by atoms with E-state index in [4.69, 9.17) is 16.3 Å². The predicted octanol–water partition coefficient (Wildman–Crippen LogP) is 2.09. The third kappa shape index (κ3) is 3.38. The zero-order valence-corrected chi connectivity index (χ0v) is 14.4. The second-order valence-electron chi connectivity index (χ2n) is 6.15. The second-order valence-corrected chi connectivity index (χ2v) is 6.59. The molecule has 1 aliphatic rings. The summed E-state index contributed by atoms with van der Waals surface area (Å²) in [6.07, 6.45) is 3.45. The number of aromatic nitrogens is 2. The van der Waals surface area contributed by atoms with Gasteiger partial charge in [-0.05, 0) is 24.6 Å². The maximum Gasteiger partial charge on any atom is 0.313 e. The highest BCUT2D eigenvalue weighted by molar-refractivity contribution is 6.30. The number of hydrogen-bond acceptors (Lipinski definition) is 4. The Morgan fingerprint density at radius 1 is 1.44 bits per heavy atom. The molecule has 0 radical (unpaired) electrons. The summed E-state index contributed by atoms with van der Waals surface area (Å²) in [5.41, 5.74) is 0.0960. The van der Waals surface area contributed by atoms with Gasteiger partial charge in [-0.25, -0.2) is 4.68 Å². The fourth-order valence-corrected chi connectivity index (χ4v) is 3.24. The van der Waals surface area contributed by atoms with Crippen LogP contribution in [0.3, 0.4) is 0 Å². The molecule has 1 amide bonds. The lowest BCUT2D eigenvalue weighted by atomic mass is 9.88. The Balaban J connectivity index is 1.77. The number of ether oxygens (including phenoxy) is 1. The van der Waals surface area contributed by atoms with Crippen molar-refractivity contribution in [2.75, 3.05) is 26.8 Å². The lowest BCUT2D eigenvalue weighted by Crippen LogP contribution is -2.40. The number of benzene rings is 1. The van der Waals surface area contributed by atoms with Crippen LogP contribution in [0.2, 0.25) is 5.02 Å². The van der Waals surface area contributed by atoms with Crippen LogP contribution in [0, 0.1) is 5.41 Å². The van der Waals surface area contributed by atoms with Crippen molar-refractivity contribution in [3.8, 4) is 5.69 Å². The number of aliphatic carboxylic acids is 1. The van der Waals surface area contributed by atoms with Gasteiger partial charge in [-0.15, -0.1) is 0 Å². The standard InChI is InChI=1S/C17H18ClN3O4/c1-25-11-17(16(23)24)5-6-20(10-17)15(22)12-8-19-21(9-12)14-4-2-3-13(18)7-14/h2-4,7-9H,5-6,10-11H2,1H3,(H,23,24). The minimum absolute atomic E-state index is 0.0773. The van der Waals surface area contributed by atoms with Crippen LogP contribution < -0.4 is 0 Å². The summed E-state index contributed by atoms with van der Waals surface area (Å²) in [4.78, 5) is 25.8. The second kappa shape index (κ2) is 6.85. The number of likely N-dealkylation sites (tertiary alicyclic amines) is 1. The van der Waals surface area contributed by atoms with Crippen molar-refractivity contribution >= 4 is 23.5 Å². The van der Waals surface area contributed by atoms with Gasteiger partial charge >= 0.3 is 5.97 Å². The molecular formula is C17H18ClN3O4. The van der Waals surface area contributed by atoms with Crippen molar-refractivity contribution < 1.29 is 19.4 Å². The van der Waals surface area contributed by atoms with Crippen LogP contribution in [0.5, 0.6) is 0 Å². The number of carbonyl (C=O) groups excluding carboxylic acids is 1. The number of amides is 1. The molecule has 2 aromatic rings. The summed E-state index contributed by atoms with van der Waals surface area (Å²) in [7, 11) is 1.46. The number of nitrogens with zero attached hydrogens (tertiary/aromatic N) is 3. The molecule has 1 aromatic carbocycles. The van der Waals surface area contributed by atoms with Crippen LogP contribution in [0.25, 0.3) is 5.69 Å². The first-order valence-electron chi connectivity index (χ1n) is 7.77. The highest BCUT2D eigenvalue weighted by Crippen LogP contribution is 2.32. The van der Waals surface area contributed by atoms with E-state index in [0.717, 1.165) is 5.69 Å². The quantitative estimate of drug-likeness (QED) is 0.879. The third-order valence-corrected chi connectivity index (χ3v) is 4.65. The van der Waals surface area contributed by atoms with Crippen molar-refractivity contribution in [3.05, 3.63) is 47.2 Å². The van der Waals surface area contributed by atoms with E-state index >= 15 is 0 Å². The highest BCUT2D eigenvalue weighted by atomic mass is 35.5. The van der Waals surface area contributed by atoms with E-state index in [1.54, 1.807) is 29.1 Å². The van der Waals surface area contributed by atoms with Gasteiger partial charge in [0.1, 0.15) is 5.41 Å². The zero-order valence-electron chi connectivity index (χ0n) is 13.7. The molecule has 1 aromatic heterocycles. The maximum atomic E-state index is 12.7. The van der Waals surface area contributed by atoms with Gasteiger partial charge in [0.15, 0.2) is 0 Å². The first kappa shape index (κ1) is 17.4. The van der Waals surface area contributed by atoms with Gasteiger partial charge < -0.3 is 14.7 Å². The topological polar surface area (TPSA) is 84.7 Å². The summed E-state index contributed by atoms with van der Waals surface area (Å²) >= 11 is 5.97. The summed E-state index contributed by atoms with van der Waals surface area (Å²) in [6, 6.07) is 7.13. The molecule has 1 N–H and O–H groups in total. The van der Waals surface area contributed by atoms with Crippen molar-refractivity contribution in [1.82, 2.24) is 14.7 Å². The van der Waals surface area contributed by atoms with Crippen molar-refractivity contribution in [1.29, 1.82) is 0 Å². The predicted molar refractivity (Wildman–Crippen MR) is 91.0 cm³/mol. The van der Waals surface area contributed by atoms with Crippen LogP contribution in [-0.2, 0) is 9.53 Å². The molecule has 1 aliphatic heterocycles. The Morgan fingerprint density at radius 3 is 2.92 bits per heavy atom. The number of methoxy groups -OCH3 is 1. The number of hydrogen-bond donors (Lipinski definition) is 1. The molecule has 0 saturated carbocycles. The maximum absolute atomic E-state index is 12.7. The van der Waals surface area contributed by atoms with E-state index in [1.165, 1.54) is 18.2 Å². The van der Waals surface area contributed by atoms with Gasteiger partial charge in [-0.1, -0.05) is 17.7 Å². The molecule has 1 saturated heterocycles. The van der Waals surface area contributed by atoms with Crippen LogP contribution in [-0.4, -0.2) is 58.5 Å². The van der Waals surface area contributed by atoms with E-state index in [1.807, 2.05) is 6.07 Å². The molecule has 2 heterocycles. The van der Waals surface area contributed by atoms with Crippen LogP contribution in [0.15, 0.2) is 36.7 Å². The molecule has 1 unspecified atom stereocenters. The van der Waals surface area contributed by atoms with Crippen molar-refractivity contribution in [3.63, 3.8) is 0 Å². The van der Waals surface area contributed by atoms with Gasteiger partial charge in [0, 0.05) is 31.4 Å². The van der Waals surface area contributed by atoms with Gasteiger partial charge in [-0.3, -0.25) is 9.59 Å². The number of carboxylic acid groups (broad SMARTS) is 1. The largest absolute Gasteiger partial charge is 0.481 e. The van der Waals surface area contributed by atoms with Crippen LogP contribution in [0.1, 0.15) is 16.8 Å². The zero-order chi connectivity index (χ0) is 18.0. The molecule has 25 heavy (non-hydrogen) atoms. The fraction of sp³-hybridized carbons (Fsp3) is 0.353. The van der Waals surface area contributed by atoms with E-state index in [9.17, 15) is 14.7 Å². The highest BCUT2D eigenvalue weighted by Gasteiger charge is 2.46. The van der Waals surface area contributed by atoms with E-state index < -0.39 is 11.4 Å².